The first-order valence-corrected chi connectivity index (χ1v) is 6.64. The number of aliphatic carboxylic acids is 1. The Morgan fingerprint density at radius 2 is 2.11 bits per heavy atom. The van der Waals surface area contributed by atoms with Crippen LogP contribution in [-0.4, -0.2) is 23.0 Å². The third-order valence-electron chi connectivity index (χ3n) is 2.95. The molecular formula is C13H15BrFNO3. The third-order valence-corrected chi connectivity index (χ3v) is 3.56. The molecule has 0 fully saturated rings. The minimum Gasteiger partial charge on any atom is -0.480 e. The Labute approximate surface area is 119 Å². The van der Waals surface area contributed by atoms with Crippen LogP contribution >= 0.6 is 15.9 Å². The van der Waals surface area contributed by atoms with E-state index in [2.05, 4.69) is 21.2 Å². The number of halogens is 2. The topological polar surface area (TPSA) is 66.4 Å². The van der Waals surface area contributed by atoms with Gasteiger partial charge >= 0.3 is 5.97 Å². The minimum atomic E-state index is -1.08. The minimum absolute atomic E-state index is 0.163. The highest BCUT2D eigenvalue weighted by Crippen LogP contribution is 2.17. The first-order chi connectivity index (χ1) is 8.86. The summed E-state index contributed by atoms with van der Waals surface area (Å²) in [4.78, 5) is 23.0. The molecule has 1 aromatic rings. The number of amides is 1. The molecule has 1 amide bonds. The lowest BCUT2D eigenvalue weighted by atomic mass is 9.99. The Bertz CT molecular complexity index is 493. The Morgan fingerprint density at radius 1 is 1.47 bits per heavy atom. The molecule has 0 radical (unpaired) electrons. The Balaban J connectivity index is 2.87. The molecule has 0 saturated heterocycles. The van der Waals surface area contributed by atoms with Crippen LogP contribution < -0.4 is 5.32 Å². The first kappa shape index (κ1) is 15.6. The zero-order valence-electron chi connectivity index (χ0n) is 10.6. The van der Waals surface area contributed by atoms with Gasteiger partial charge in [0.1, 0.15) is 11.9 Å². The van der Waals surface area contributed by atoms with Crippen LogP contribution in [-0.2, 0) is 4.79 Å². The van der Waals surface area contributed by atoms with E-state index in [4.69, 9.17) is 5.11 Å². The van der Waals surface area contributed by atoms with E-state index >= 15 is 0 Å². The second kappa shape index (κ2) is 6.65. The van der Waals surface area contributed by atoms with Gasteiger partial charge in [-0.1, -0.05) is 20.3 Å². The predicted octanol–water partition coefficient (Wildman–Crippen LogP) is 2.82. The van der Waals surface area contributed by atoms with Crippen molar-refractivity contribution in [3.05, 3.63) is 34.1 Å². The molecule has 104 valence electrons. The van der Waals surface area contributed by atoms with Gasteiger partial charge in [0.25, 0.3) is 5.91 Å². The highest BCUT2D eigenvalue weighted by molar-refractivity contribution is 9.10. The molecule has 0 spiro atoms. The number of hydrogen-bond donors (Lipinski definition) is 2. The monoisotopic (exact) mass is 331 g/mol. The summed E-state index contributed by atoms with van der Waals surface area (Å²) in [6.07, 6.45) is 0.629. The summed E-state index contributed by atoms with van der Waals surface area (Å²) in [7, 11) is 0. The van der Waals surface area contributed by atoms with Gasteiger partial charge in [-0.05, 0) is 40.0 Å². The fourth-order valence-electron chi connectivity index (χ4n) is 1.55. The second-order valence-corrected chi connectivity index (χ2v) is 5.16. The fourth-order valence-corrected chi connectivity index (χ4v) is 1.92. The van der Waals surface area contributed by atoms with Crippen molar-refractivity contribution in [1.29, 1.82) is 0 Å². The van der Waals surface area contributed by atoms with Crippen molar-refractivity contribution < 1.29 is 19.1 Å². The summed E-state index contributed by atoms with van der Waals surface area (Å²) in [5.74, 6) is -2.28. The molecule has 0 aliphatic heterocycles. The van der Waals surface area contributed by atoms with E-state index in [-0.39, 0.29) is 16.0 Å². The van der Waals surface area contributed by atoms with Crippen molar-refractivity contribution in [2.75, 3.05) is 0 Å². The number of rotatable bonds is 5. The van der Waals surface area contributed by atoms with Gasteiger partial charge in [-0.2, -0.15) is 0 Å². The average Bonchev–Trinajstić information content (AvgIpc) is 2.37. The van der Waals surface area contributed by atoms with Crippen LogP contribution in [0.15, 0.2) is 22.7 Å². The fraction of sp³-hybridized carbons (Fsp3) is 0.385. The van der Waals surface area contributed by atoms with Gasteiger partial charge in [-0.15, -0.1) is 0 Å². The molecule has 1 aromatic carbocycles. The van der Waals surface area contributed by atoms with Crippen LogP contribution in [0, 0.1) is 11.7 Å². The maximum absolute atomic E-state index is 13.1. The van der Waals surface area contributed by atoms with Gasteiger partial charge < -0.3 is 10.4 Å². The van der Waals surface area contributed by atoms with Crippen LogP contribution in [0.2, 0.25) is 0 Å². The molecule has 0 aliphatic rings. The van der Waals surface area contributed by atoms with E-state index in [0.717, 1.165) is 6.07 Å². The Kier molecular flexibility index (Phi) is 5.47. The number of benzene rings is 1. The summed E-state index contributed by atoms with van der Waals surface area (Å²) < 4.78 is 13.2. The summed E-state index contributed by atoms with van der Waals surface area (Å²) in [6, 6.07) is 2.82. The molecule has 0 aliphatic carbocycles. The van der Waals surface area contributed by atoms with Crippen LogP contribution in [0.25, 0.3) is 0 Å². The largest absolute Gasteiger partial charge is 0.480 e. The maximum Gasteiger partial charge on any atom is 0.326 e. The van der Waals surface area contributed by atoms with Crippen LogP contribution in [0.1, 0.15) is 30.6 Å². The van der Waals surface area contributed by atoms with Crippen LogP contribution in [0.5, 0.6) is 0 Å². The second-order valence-electron chi connectivity index (χ2n) is 4.30. The lowest BCUT2D eigenvalue weighted by Crippen LogP contribution is -2.45. The Morgan fingerprint density at radius 3 is 2.58 bits per heavy atom. The van der Waals surface area contributed by atoms with E-state index in [9.17, 15) is 14.0 Å². The summed E-state index contributed by atoms with van der Waals surface area (Å²) >= 11 is 2.98. The lowest BCUT2D eigenvalue weighted by molar-refractivity contribution is -0.140. The summed E-state index contributed by atoms with van der Waals surface area (Å²) in [5.41, 5.74) is 0.211. The van der Waals surface area contributed by atoms with E-state index in [0.29, 0.717) is 6.42 Å². The number of carbonyl (C=O) groups excluding carboxylic acids is 1. The summed E-state index contributed by atoms with van der Waals surface area (Å²) in [5, 5.41) is 11.5. The first-order valence-electron chi connectivity index (χ1n) is 5.85. The molecule has 2 atom stereocenters. The van der Waals surface area contributed by atoms with Crippen molar-refractivity contribution in [1.82, 2.24) is 5.32 Å². The van der Waals surface area contributed by atoms with E-state index < -0.39 is 23.7 Å². The number of carbonyl (C=O) groups is 2. The molecule has 4 nitrogen and oxygen atoms in total. The molecule has 0 saturated carbocycles. The lowest BCUT2D eigenvalue weighted by Gasteiger charge is -2.20. The zero-order valence-corrected chi connectivity index (χ0v) is 12.2. The summed E-state index contributed by atoms with van der Waals surface area (Å²) in [6.45, 7) is 3.60. The van der Waals surface area contributed by atoms with Gasteiger partial charge in [-0.3, -0.25) is 4.79 Å². The van der Waals surface area contributed by atoms with Crippen molar-refractivity contribution in [3.8, 4) is 0 Å². The van der Waals surface area contributed by atoms with Gasteiger partial charge in [0.2, 0.25) is 0 Å². The molecule has 2 unspecified atom stereocenters. The SMILES string of the molecule is CCC(C)C(NC(=O)c1ccc(F)c(Br)c1)C(=O)O. The van der Waals surface area contributed by atoms with Crippen molar-refractivity contribution >= 4 is 27.8 Å². The molecule has 6 heteroatoms. The zero-order chi connectivity index (χ0) is 14.6. The van der Waals surface area contributed by atoms with Gasteiger partial charge in [-0.25, -0.2) is 9.18 Å². The van der Waals surface area contributed by atoms with E-state index in [1.807, 2.05) is 6.92 Å². The molecule has 0 heterocycles. The molecule has 1 rings (SSSR count). The maximum atomic E-state index is 13.1. The normalized spacial score (nSPS) is 13.7. The predicted molar refractivity (Wildman–Crippen MR) is 72.4 cm³/mol. The molecule has 0 aromatic heterocycles. The number of carboxylic acid groups (broad SMARTS) is 1. The van der Waals surface area contributed by atoms with Crippen molar-refractivity contribution in [3.63, 3.8) is 0 Å². The van der Waals surface area contributed by atoms with Gasteiger partial charge in [0.15, 0.2) is 0 Å². The molecular weight excluding hydrogens is 317 g/mol. The molecule has 2 N–H and O–H groups in total. The molecule has 19 heavy (non-hydrogen) atoms. The van der Waals surface area contributed by atoms with E-state index in [1.165, 1.54) is 12.1 Å². The highest BCUT2D eigenvalue weighted by atomic mass is 79.9. The smallest absolute Gasteiger partial charge is 0.326 e. The van der Waals surface area contributed by atoms with Crippen LogP contribution in [0.3, 0.4) is 0 Å². The van der Waals surface area contributed by atoms with Crippen molar-refractivity contribution in [2.24, 2.45) is 5.92 Å². The highest BCUT2D eigenvalue weighted by Gasteiger charge is 2.25. The van der Waals surface area contributed by atoms with Gasteiger partial charge in [0.05, 0.1) is 4.47 Å². The standard InChI is InChI=1S/C13H15BrFNO3/c1-3-7(2)11(13(18)19)16-12(17)8-4-5-10(15)9(14)6-8/h4-7,11H,3H2,1-2H3,(H,16,17)(H,18,19). The third kappa shape index (κ3) is 4.02. The quantitative estimate of drug-likeness (QED) is 0.871. The average molecular weight is 332 g/mol. The number of nitrogens with one attached hydrogen (secondary N) is 1. The number of carboxylic acids is 1. The van der Waals surface area contributed by atoms with Crippen molar-refractivity contribution in [2.45, 2.75) is 26.3 Å². The van der Waals surface area contributed by atoms with Crippen LogP contribution in [0.4, 0.5) is 4.39 Å². The Hall–Kier alpha value is -1.43. The van der Waals surface area contributed by atoms with Gasteiger partial charge in [0, 0.05) is 5.56 Å². The number of hydrogen-bond acceptors (Lipinski definition) is 2. The van der Waals surface area contributed by atoms with E-state index in [1.54, 1.807) is 6.92 Å². The molecule has 0 bridgehead atoms.